The molecule has 0 fully saturated rings. The number of aliphatic hydroxyl groups excluding tert-OH is 1. The number of aliphatic carboxylic acids is 1. The zero-order valence-electron chi connectivity index (χ0n) is 8.55. The van der Waals surface area contributed by atoms with E-state index >= 15 is 0 Å². The van der Waals surface area contributed by atoms with Gasteiger partial charge in [-0.25, -0.2) is 4.79 Å². The Morgan fingerprint density at radius 3 is 2.00 bits per heavy atom. The van der Waals surface area contributed by atoms with E-state index in [-0.39, 0.29) is 5.57 Å². The summed E-state index contributed by atoms with van der Waals surface area (Å²) in [6.45, 7) is 7.13. The van der Waals surface area contributed by atoms with Crippen LogP contribution in [-0.4, -0.2) is 22.8 Å². The summed E-state index contributed by atoms with van der Waals surface area (Å²) >= 11 is 0. The van der Waals surface area contributed by atoms with Crippen molar-refractivity contribution in [1.82, 2.24) is 0 Å². The first-order chi connectivity index (χ1) is 6.06. The van der Waals surface area contributed by atoms with Crippen LogP contribution in [0.25, 0.3) is 0 Å². The Labute approximate surface area is 80.1 Å². The fourth-order valence-corrected chi connectivity index (χ4v) is 0.539. The van der Waals surface area contributed by atoms with Crippen LogP contribution in [0, 0.1) is 0 Å². The van der Waals surface area contributed by atoms with Gasteiger partial charge in [-0.3, -0.25) is 0 Å². The van der Waals surface area contributed by atoms with Gasteiger partial charge in [0, 0.05) is 12.2 Å². The number of hydrogen-bond acceptors (Lipinski definition) is 2. The number of unbranched alkanes of at least 4 members (excludes halogenated alkanes) is 3. The van der Waals surface area contributed by atoms with Crippen molar-refractivity contribution in [2.45, 2.75) is 39.5 Å². The lowest BCUT2D eigenvalue weighted by molar-refractivity contribution is -0.132. The fourth-order valence-electron chi connectivity index (χ4n) is 0.539. The van der Waals surface area contributed by atoms with Gasteiger partial charge in [-0.05, 0) is 13.3 Å². The molecule has 0 bridgehead atoms. The van der Waals surface area contributed by atoms with E-state index in [1.54, 1.807) is 0 Å². The van der Waals surface area contributed by atoms with Gasteiger partial charge < -0.3 is 10.2 Å². The molecule has 0 saturated heterocycles. The molecule has 0 aromatic heterocycles. The minimum absolute atomic E-state index is 0.176. The van der Waals surface area contributed by atoms with Gasteiger partial charge in [0.25, 0.3) is 0 Å². The summed E-state index contributed by atoms with van der Waals surface area (Å²) in [5.41, 5.74) is 0.176. The molecule has 0 aliphatic rings. The van der Waals surface area contributed by atoms with Crippen molar-refractivity contribution in [1.29, 1.82) is 0 Å². The van der Waals surface area contributed by atoms with E-state index in [4.69, 9.17) is 10.2 Å². The maximum Gasteiger partial charge on any atom is 0.330 e. The minimum atomic E-state index is -0.935. The maximum atomic E-state index is 9.60. The number of rotatable bonds is 5. The molecule has 0 aromatic rings. The number of aliphatic hydroxyl groups is 1. The van der Waals surface area contributed by atoms with Crippen molar-refractivity contribution in [2.24, 2.45) is 0 Å². The molecule has 3 nitrogen and oxygen atoms in total. The van der Waals surface area contributed by atoms with Gasteiger partial charge in [-0.2, -0.15) is 0 Å². The molecular formula is C10H20O3. The third-order valence-electron chi connectivity index (χ3n) is 1.38. The monoisotopic (exact) mass is 188 g/mol. The number of carboxylic acid groups (broad SMARTS) is 1. The molecule has 0 saturated carbocycles. The molecule has 0 heterocycles. The van der Waals surface area contributed by atoms with Crippen LogP contribution < -0.4 is 0 Å². The first-order valence-corrected chi connectivity index (χ1v) is 4.55. The SMILES string of the molecule is C=C(C)C(=O)O.CCCCCCO. The Kier molecular flexibility index (Phi) is 12.6. The highest BCUT2D eigenvalue weighted by Crippen LogP contribution is 1.96. The smallest absolute Gasteiger partial charge is 0.330 e. The van der Waals surface area contributed by atoms with Gasteiger partial charge in [-0.1, -0.05) is 32.8 Å². The summed E-state index contributed by atoms with van der Waals surface area (Å²) in [6, 6.07) is 0. The van der Waals surface area contributed by atoms with Crippen molar-refractivity contribution in [3.8, 4) is 0 Å². The molecule has 0 atom stereocenters. The topological polar surface area (TPSA) is 57.5 Å². The molecule has 0 amide bonds. The third-order valence-corrected chi connectivity index (χ3v) is 1.38. The largest absolute Gasteiger partial charge is 0.478 e. The fraction of sp³-hybridized carbons (Fsp3) is 0.700. The zero-order chi connectivity index (χ0) is 10.7. The highest BCUT2D eigenvalue weighted by molar-refractivity contribution is 5.84. The van der Waals surface area contributed by atoms with Crippen LogP contribution in [0.3, 0.4) is 0 Å². The van der Waals surface area contributed by atoms with Gasteiger partial charge in [0.15, 0.2) is 0 Å². The summed E-state index contributed by atoms with van der Waals surface area (Å²) in [6.07, 6.45) is 4.68. The molecule has 3 heteroatoms. The van der Waals surface area contributed by atoms with Crippen molar-refractivity contribution in [3.63, 3.8) is 0 Å². The van der Waals surface area contributed by atoms with E-state index in [2.05, 4.69) is 13.5 Å². The Morgan fingerprint density at radius 2 is 1.77 bits per heavy atom. The van der Waals surface area contributed by atoms with E-state index in [1.165, 1.54) is 26.2 Å². The quantitative estimate of drug-likeness (QED) is 0.513. The van der Waals surface area contributed by atoms with Crippen LogP contribution >= 0.6 is 0 Å². The normalized spacial score (nSPS) is 8.54. The van der Waals surface area contributed by atoms with Crippen molar-refractivity contribution in [3.05, 3.63) is 12.2 Å². The Bertz CT molecular complexity index is 125. The second-order valence-electron chi connectivity index (χ2n) is 2.87. The summed E-state index contributed by atoms with van der Waals surface area (Å²) in [7, 11) is 0. The molecule has 0 aromatic carbocycles. The Morgan fingerprint density at radius 1 is 1.31 bits per heavy atom. The van der Waals surface area contributed by atoms with E-state index in [9.17, 15) is 4.79 Å². The van der Waals surface area contributed by atoms with Crippen molar-refractivity contribution < 1.29 is 15.0 Å². The predicted octanol–water partition coefficient (Wildman–Crippen LogP) is 2.21. The maximum absolute atomic E-state index is 9.60. The van der Waals surface area contributed by atoms with Crippen molar-refractivity contribution in [2.75, 3.05) is 6.61 Å². The molecule has 0 aliphatic carbocycles. The first-order valence-electron chi connectivity index (χ1n) is 4.55. The molecular weight excluding hydrogens is 168 g/mol. The van der Waals surface area contributed by atoms with Crippen LogP contribution in [0.1, 0.15) is 39.5 Å². The van der Waals surface area contributed by atoms with Crippen LogP contribution in [0.5, 0.6) is 0 Å². The highest BCUT2D eigenvalue weighted by Gasteiger charge is 1.90. The van der Waals surface area contributed by atoms with Gasteiger partial charge in [0.1, 0.15) is 0 Å². The lowest BCUT2D eigenvalue weighted by atomic mass is 10.2. The summed E-state index contributed by atoms with van der Waals surface area (Å²) in [5, 5.41) is 16.2. The Hall–Kier alpha value is -0.830. The molecule has 2 N–H and O–H groups in total. The zero-order valence-corrected chi connectivity index (χ0v) is 8.55. The van der Waals surface area contributed by atoms with Gasteiger partial charge in [0.05, 0.1) is 0 Å². The molecule has 13 heavy (non-hydrogen) atoms. The molecule has 0 unspecified atom stereocenters. The lowest BCUT2D eigenvalue weighted by Gasteiger charge is -1.90. The summed E-state index contributed by atoms with van der Waals surface area (Å²) in [4.78, 5) is 9.60. The van der Waals surface area contributed by atoms with E-state index in [1.807, 2.05) is 0 Å². The second-order valence-corrected chi connectivity index (χ2v) is 2.87. The highest BCUT2D eigenvalue weighted by atomic mass is 16.4. The number of carbonyl (C=O) groups is 1. The minimum Gasteiger partial charge on any atom is -0.478 e. The average Bonchev–Trinajstić information content (AvgIpc) is 2.06. The Balaban J connectivity index is 0. The van der Waals surface area contributed by atoms with Crippen LogP contribution in [0.2, 0.25) is 0 Å². The van der Waals surface area contributed by atoms with Crippen LogP contribution in [0.15, 0.2) is 12.2 Å². The first kappa shape index (κ1) is 14.7. The standard InChI is InChI=1S/C6H14O.C4H6O2/c1-2-3-4-5-6-7;1-3(2)4(5)6/h7H,2-6H2,1H3;1H2,2H3,(H,5,6). The second kappa shape index (κ2) is 11.2. The summed E-state index contributed by atoms with van der Waals surface area (Å²) < 4.78 is 0. The number of hydrogen-bond donors (Lipinski definition) is 2. The molecule has 78 valence electrons. The summed E-state index contributed by atoms with van der Waals surface area (Å²) in [5.74, 6) is -0.935. The predicted molar refractivity (Wildman–Crippen MR) is 53.7 cm³/mol. The number of carboxylic acids is 1. The third kappa shape index (κ3) is 18.3. The average molecular weight is 188 g/mol. The van der Waals surface area contributed by atoms with Gasteiger partial charge in [-0.15, -0.1) is 0 Å². The lowest BCUT2D eigenvalue weighted by Crippen LogP contribution is -1.92. The molecule has 0 aliphatic heterocycles. The molecule has 0 radical (unpaired) electrons. The van der Waals surface area contributed by atoms with Gasteiger partial charge in [0.2, 0.25) is 0 Å². The van der Waals surface area contributed by atoms with Crippen LogP contribution in [-0.2, 0) is 4.79 Å². The van der Waals surface area contributed by atoms with E-state index < -0.39 is 5.97 Å². The molecule has 0 spiro atoms. The van der Waals surface area contributed by atoms with E-state index in [0.29, 0.717) is 6.61 Å². The van der Waals surface area contributed by atoms with Gasteiger partial charge >= 0.3 is 5.97 Å². The molecule has 0 rings (SSSR count). The van der Waals surface area contributed by atoms with Crippen LogP contribution in [0.4, 0.5) is 0 Å². The van der Waals surface area contributed by atoms with Crippen molar-refractivity contribution >= 4 is 5.97 Å². The van der Waals surface area contributed by atoms with E-state index in [0.717, 1.165) is 6.42 Å².